The molecule has 0 saturated carbocycles. The van der Waals surface area contributed by atoms with Crippen LogP contribution < -0.4 is 0 Å². The highest BCUT2D eigenvalue weighted by atomic mass is 79.9. The molecular formula is C13H17BrN2O4S. The summed E-state index contributed by atoms with van der Waals surface area (Å²) in [5.41, 5.74) is 0. The van der Waals surface area contributed by atoms with E-state index in [0.29, 0.717) is 4.47 Å². The highest BCUT2D eigenvalue weighted by Crippen LogP contribution is 2.23. The fourth-order valence-corrected chi connectivity index (χ4v) is 3.50. The summed E-state index contributed by atoms with van der Waals surface area (Å²) in [5, 5.41) is 1.04. The van der Waals surface area contributed by atoms with Crippen LogP contribution in [0.2, 0.25) is 0 Å². The van der Waals surface area contributed by atoms with E-state index in [0.717, 1.165) is 9.37 Å². The molecule has 0 aliphatic carbocycles. The molecule has 1 rings (SSSR count). The Morgan fingerprint density at radius 2 is 1.95 bits per heavy atom. The quantitative estimate of drug-likeness (QED) is 0.559. The molecule has 0 bridgehead atoms. The van der Waals surface area contributed by atoms with Crippen LogP contribution >= 0.6 is 15.9 Å². The van der Waals surface area contributed by atoms with Crippen LogP contribution in [0.25, 0.3) is 0 Å². The number of rotatable bonds is 6. The molecule has 0 radical (unpaired) electrons. The number of halogens is 1. The Morgan fingerprint density at radius 3 is 2.52 bits per heavy atom. The predicted molar refractivity (Wildman–Crippen MR) is 82.9 cm³/mol. The molecule has 0 N–H and O–H groups in total. The first-order chi connectivity index (χ1) is 9.80. The number of carbonyl (C=O) groups is 1. The smallest absolute Gasteiger partial charge is 0.269 e. The van der Waals surface area contributed by atoms with Gasteiger partial charge in [0, 0.05) is 31.2 Å². The van der Waals surface area contributed by atoms with Crippen LogP contribution in [-0.4, -0.2) is 51.4 Å². The van der Waals surface area contributed by atoms with Gasteiger partial charge in [0.1, 0.15) is 0 Å². The number of hydrogen-bond acceptors (Lipinski definition) is 4. The standard InChI is InChI=1S/C13H17BrN2O4S/c1-15(10-6-9-13(17)16(2)20-3)21(18,19)12-8-5-4-7-11(12)14/h4-9H,10H2,1-3H3/b9-6+. The first kappa shape index (κ1) is 17.8. The zero-order valence-corrected chi connectivity index (χ0v) is 14.4. The zero-order chi connectivity index (χ0) is 16.0. The Balaban J connectivity index is 2.80. The van der Waals surface area contributed by atoms with Crippen LogP contribution in [0.15, 0.2) is 45.8 Å². The van der Waals surface area contributed by atoms with Crippen LogP contribution in [0.3, 0.4) is 0 Å². The van der Waals surface area contributed by atoms with Crippen molar-refractivity contribution < 1.29 is 18.0 Å². The fourth-order valence-electron chi connectivity index (χ4n) is 1.42. The minimum Gasteiger partial charge on any atom is -0.274 e. The molecule has 6 nitrogen and oxygen atoms in total. The molecule has 8 heteroatoms. The van der Waals surface area contributed by atoms with Gasteiger partial charge in [-0.05, 0) is 28.1 Å². The summed E-state index contributed by atoms with van der Waals surface area (Å²) < 4.78 is 26.4. The Labute approximate surface area is 133 Å². The highest BCUT2D eigenvalue weighted by molar-refractivity contribution is 9.10. The second-order valence-electron chi connectivity index (χ2n) is 4.14. The lowest BCUT2D eigenvalue weighted by Gasteiger charge is -2.16. The average Bonchev–Trinajstić information content (AvgIpc) is 2.46. The highest BCUT2D eigenvalue weighted by Gasteiger charge is 2.21. The Kier molecular flexibility index (Phi) is 6.53. The lowest BCUT2D eigenvalue weighted by molar-refractivity contribution is -0.162. The molecule has 0 aliphatic rings. The van der Waals surface area contributed by atoms with Crippen LogP contribution in [0.4, 0.5) is 0 Å². The third-order valence-corrected chi connectivity index (χ3v) is 5.57. The van der Waals surface area contributed by atoms with Gasteiger partial charge in [-0.3, -0.25) is 9.63 Å². The van der Waals surface area contributed by atoms with Gasteiger partial charge in [0.25, 0.3) is 5.91 Å². The monoisotopic (exact) mass is 376 g/mol. The first-order valence-corrected chi connectivity index (χ1v) is 8.23. The summed E-state index contributed by atoms with van der Waals surface area (Å²) in [7, 11) is 0.670. The number of sulfonamides is 1. The van der Waals surface area contributed by atoms with E-state index in [1.54, 1.807) is 18.2 Å². The van der Waals surface area contributed by atoms with Crippen molar-refractivity contribution in [2.24, 2.45) is 0 Å². The van der Waals surface area contributed by atoms with Crippen molar-refractivity contribution in [3.8, 4) is 0 Å². The second kappa shape index (κ2) is 7.69. The third kappa shape index (κ3) is 4.63. The van der Waals surface area contributed by atoms with Gasteiger partial charge in [-0.1, -0.05) is 18.2 Å². The summed E-state index contributed by atoms with van der Waals surface area (Å²) >= 11 is 3.22. The van der Waals surface area contributed by atoms with E-state index in [9.17, 15) is 13.2 Å². The molecule has 1 amide bonds. The Bertz CT molecular complexity index is 631. The van der Waals surface area contributed by atoms with Crippen molar-refractivity contribution in [1.29, 1.82) is 0 Å². The molecule has 0 aliphatic heterocycles. The van der Waals surface area contributed by atoms with Crippen LogP contribution in [-0.2, 0) is 19.7 Å². The van der Waals surface area contributed by atoms with Gasteiger partial charge in [0.15, 0.2) is 0 Å². The van der Waals surface area contributed by atoms with Gasteiger partial charge in [-0.25, -0.2) is 13.5 Å². The maximum Gasteiger partial charge on any atom is 0.269 e. The van der Waals surface area contributed by atoms with Gasteiger partial charge >= 0.3 is 0 Å². The SMILES string of the molecule is CON(C)C(=O)/C=C/CN(C)S(=O)(=O)c1ccccc1Br. The predicted octanol–water partition coefficient (Wildman–Crippen LogP) is 1.65. The minimum atomic E-state index is -3.61. The van der Waals surface area contributed by atoms with Crippen molar-refractivity contribution in [2.45, 2.75) is 4.90 Å². The number of hydroxylamine groups is 2. The molecule has 0 fully saturated rings. The number of benzene rings is 1. The summed E-state index contributed by atoms with van der Waals surface area (Å²) in [4.78, 5) is 16.4. The Morgan fingerprint density at radius 1 is 1.33 bits per heavy atom. The van der Waals surface area contributed by atoms with Gasteiger partial charge in [-0.2, -0.15) is 4.31 Å². The minimum absolute atomic E-state index is 0.0764. The Hall–Kier alpha value is -1.22. The maximum atomic E-state index is 12.4. The van der Waals surface area contributed by atoms with E-state index in [2.05, 4.69) is 15.9 Å². The topological polar surface area (TPSA) is 66.9 Å². The summed E-state index contributed by atoms with van der Waals surface area (Å²) in [6.07, 6.45) is 2.72. The van der Waals surface area contributed by atoms with Gasteiger partial charge < -0.3 is 0 Å². The summed E-state index contributed by atoms with van der Waals surface area (Å²) in [5.74, 6) is -0.371. The van der Waals surface area contributed by atoms with E-state index in [1.807, 2.05) is 0 Å². The molecule has 1 aromatic rings. The van der Waals surface area contributed by atoms with E-state index < -0.39 is 10.0 Å². The number of carbonyl (C=O) groups excluding carboxylic acids is 1. The van der Waals surface area contributed by atoms with Gasteiger partial charge in [0.2, 0.25) is 10.0 Å². The van der Waals surface area contributed by atoms with Crippen LogP contribution in [0.1, 0.15) is 0 Å². The molecular weight excluding hydrogens is 360 g/mol. The largest absolute Gasteiger partial charge is 0.274 e. The molecule has 0 saturated heterocycles. The van der Waals surface area contributed by atoms with Gasteiger partial charge in [-0.15, -0.1) is 0 Å². The zero-order valence-electron chi connectivity index (χ0n) is 12.0. The normalized spacial score (nSPS) is 12.0. The van der Waals surface area contributed by atoms with Crippen molar-refractivity contribution >= 4 is 31.9 Å². The molecule has 21 heavy (non-hydrogen) atoms. The average molecular weight is 377 g/mol. The van der Waals surface area contributed by atoms with Gasteiger partial charge in [0.05, 0.1) is 12.0 Å². The molecule has 1 aromatic carbocycles. The molecule has 0 atom stereocenters. The number of amides is 1. The van der Waals surface area contributed by atoms with Crippen molar-refractivity contribution in [2.75, 3.05) is 27.7 Å². The van der Waals surface area contributed by atoms with E-state index in [-0.39, 0.29) is 17.3 Å². The second-order valence-corrected chi connectivity index (χ2v) is 7.00. The van der Waals surface area contributed by atoms with E-state index in [1.165, 1.54) is 39.4 Å². The van der Waals surface area contributed by atoms with Crippen molar-refractivity contribution in [3.05, 3.63) is 40.9 Å². The lowest BCUT2D eigenvalue weighted by Crippen LogP contribution is -2.28. The van der Waals surface area contributed by atoms with E-state index in [4.69, 9.17) is 4.84 Å². The summed E-state index contributed by atoms with van der Waals surface area (Å²) in [6, 6.07) is 6.57. The number of likely N-dealkylation sites (N-methyl/N-ethyl adjacent to an activating group) is 2. The van der Waals surface area contributed by atoms with Crippen molar-refractivity contribution in [1.82, 2.24) is 9.37 Å². The fraction of sp³-hybridized carbons (Fsp3) is 0.308. The summed E-state index contributed by atoms with van der Waals surface area (Å²) in [6.45, 7) is 0.0764. The molecule has 0 spiro atoms. The lowest BCUT2D eigenvalue weighted by atomic mass is 10.4. The number of nitrogens with zero attached hydrogens (tertiary/aromatic N) is 2. The molecule has 0 unspecified atom stereocenters. The maximum absolute atomic E-state index is 12.4. The molecule has 0 heterocycles. The van der Waals surface area contributed by atoms with Crippen molar-refractivity contribution in [3.63, 3.8) is 0 Å². The third-order valence-electron chi connectivity index (χ3n) is 2.73. The molecule has 116 valence electrons. The number of hydrogen-bond donors (Lipinski definition) is 0. The molecule has 0 aromatic heterocycles. The van der Waals surface area contributed by atoms with Crippen LogP contribution in [0, 0.1) is 0 Å². The van der Waals surface area contributed by atoms with Crippen LogP contribution in [0.5, 0.6) is 0 Å². The van der Waals surface area contributed by atoms with E-state index >= 15 is 0 Å². The first-order valence-electron chi connectivity index (χ1n) is 6.00.